The van der Waals surface area contributed by atoms with E-state index in [0.29, 0.717) is 12.6 Å². The van der Waals surface area contributed by atoms with Crippen molar-refractivity contribution in [1.82, 2.24) is 4.90 Å². The number of likely N-dealkylation sites (tertiary alicyclic amines) is 1. The molecular weight excluding hydrogens is 530 g/mol. The number of piperidine rings is 1. The highest BCUT2D eigenvalue weighted by atomic mass is 79.9. The second kappa shape index (κ2) is 7.89. The molecule has 1 aromatic rings. The Hall–Kier alpha value is -0.820. The number of rotatable bonds is 7. The molecule has 0 unspecified atom stereocenters. The lowest BCUT2D eigenvalue weighted by Gasteiger charge is -2.75. The van der Waals surface area contributed by atoms with Crippen LogP contribution < -0.4 is 9.47 Å². The first-order valence-corrected chi connectivity index (χ1v) is 15.7. The van der Waals surface area contributed by atoms with Crippen molar-refractivity contribution in [2.75, 3.05) is 32.1 Å². The Balaban J connectivity index is 1.45. The Kier molecular flexibility index (Phi) is 5.37. The van der Waals surface area contributed by atoms with Crippen LogP contribution in [0.1, 0.15) is 77.3 Å². The summed E-state index contributed by atoms with van der Waals surface area (Å²) in [5, 5.41) is 13.1. The largest absolute Gasteiger partial charge is 0.489 e. The fourth-order valence-electron chi connectivity index (χ4n) is 9.83. The first-order chi connectivity index (χ1) is 17.6. The highest BCUT2D eigenvalue weighted by Gasteiger charge is 2.82. The molecule has 6 heteroatoms. The molecule has 2 aliphatic heterocycles. The number of aliphatic hydroxyl groups is 1. The van der Waals surface area contributed by atoms with Gasteiger partial charge < -0.3 is 19.3 Å². The number of nitrogens with zero attached hydrogens (tertiary/aromatic N) is 1. The highest BCUT2D eigenvalue weighted by Crippen LogP contribution is 2.78. The zero-order chi connectivity index (χ0) is 26.0. The van der Waals surface area contributed by atoms with Gasteiger partial charge in [0.1, 0.15) is 11.7 Å². The molecule has 1 aromatic carbocycles. The number of hydrogen-bond acceptors (Lipinski definition) is 5. The number of benzene rings is 1. The molecule has 2 heterocycles. The van der Waals surface area contributed by atoms with Gasteiger partial charge in [0, 0.05) is 47.3 Å². The highest BCUT2D eigenvalue weighted by molar-refractivity contribution is 9.09. The summed E-state index contributed by atoms with van der Waals surface area (Å²) >= 11 is 3.53. The first-order valence-electron chi connectivity index (χ1n) is 14.6. The van der Waals surface area contributed by atoms with Gasteiger partial charge in [-0.05, 0) is 81.4 Å². The molecule has 0 amide bonds. The molecule has 5 nitrogen and oxygen atoms in total. The molecule has 7 aliphatic rings. The van der Waals surface area contributed by atoms with Gasteiger partial charge >= 0.3 is 0 Å². The molecule has 0 aromatic heterocycles. The Bertz CT molecular complexity index is 1110. The van der Waals surface area contributed by atoms with Crippen LogP contribution in [-0.2, 0) is 16.6 Å². The van der Waals surface area contributed by atoms with Crippen LogP contribution in [0.3, 0.4) is 0 Å². The van der Waals surface area contributed by atoms with Crippen molar-refractivity contribution in [2.24, 2.45) is 22.7 Å². The number of alkyl halides is 1. The minimum Gasteiger partial charge on any atom is -0.489 e. The fraction of sp³-hybridized carbons (Fsp3) is 0.806. The van der Waals surface area contributed by atoms with Crippen LogP contribution >= 0.6 is 15.9 Å². The third-order valence-corrected chi connectivity index (χ3v) is 12.5. The third-order valence-electron chi connectivity index (χ3n) is 12.2. The minimum atomic E-state index is -0.888. The number of fused-ring (bicyclic) bond motifs is 2. The molecule has 5 aliphatic carbocycles. The Morgan fingerprint density at radius 2 is 1.95 bits per heavy atom. The second-order valence-corrected chi connectivity index (χ2v) is 15.1. The van der Waals surface area contributed by atoms with Gasteiger partial charge in [0.15, 0.2) is 11.5 Å². The maximum absolute atomic E-state index is 12.3. The Morgan fingerprint density at radius 1 is 1.16 bits per heavy atom. The molecule has 0 radical (unpaired) electrons. The average Bonchev–Trinajstić information content (AvgIpc) is 3.60. The van der Waals surface area contributed by atoms with Crippen LogP contribution in [0.4, 0.5) is 0 Å². The summed E-state index contributed by atoms with van der Waals surface area (Å²) < 4.78 is 20.1. The van der Waals surface area contributed by atoms with E-state index >= 15 is 0 Å². The molecule has 8 rings (SSSR count). The van der Waals surface area contributed by atoms with Crippen molar-refractivity contribution in [3.05, 3.63) is 23.3 Å². The zero-order valence-corrected chi connectivity index (χ0v) is 24.8. The normalized spacial score (nSPS) is 41.2. The van der Waals surface area contributed by atoms with Gasteiger partial charge in [-0.2, -0.15) is 0 Å². The van der Waals surface area contributed by atoms with Crippen LogP contribution in [0.15, 0.2) is 12.1 Å². The molecule has 2 spiro atoms. The summed E-state index contributed by atoms with van der Waals surface area (Å²) in [6.07, 6.45) is 7.96. The maximum Gasteiger partial charge on any atom is 0.165 e. The molecule has 4 bridgehead atoms. The van der Waals surface area contributed by atoms with E-state index in [2.05, 4.69) is 60.7 Å². The van der Waals surface area contributed by atoms with E-state index in [1.165, 1.54) is 30.5 Å². The van der Waals surface area contributed by atoms with Gasteiger partial charge in [-0.3, -0.25) is 4.90 Å². The predicted octanol–water partition coefficient (Wildman–Crippen LogP) is 5.48. The summed E-state index contributed by atoms with van der Waals surface area (Å²) in [5.74, 6) is 2.72. The summed E-state index contributed by atoms with van der Waals surface area (Å²) in [4.78, 5) is 2.87. The van der Waals surface area contributed by atoms with Crippen molar-refractivity contribution in [1.29, 1.82) is 0 Å². The van der Waals surface area contributed by atoms with Crippen LogP contribution in [0.5, 0.6) is 11.5 Å². The van der Waals surface area contributed by atoms with Gasteiger partial charge in [0.05, 0.1) is 12.2 Å². The number of hydrogen-bond donors (Lipinski definition) is 1. The third kappa shape index (κ3) is 2.97. The summed E-state index contributed by atoms with van der Waals surface area (Å²) in [5.41, 5.74) is 1.20. The van der Waals surface area contributed by atoms with Crippen molar-refractivity contribution in [3.8, 4) is 11.5 Å². The molecular formula is C31H44BrNO4. The minimum absolute atomic E-state index is 0.00280. The van der Waals surface area contributed by atoms with Crippen LogP contribution in [-0.4, -0.2) is 65.5 Å². The molecule has 37 heavy (non-hydrogen) atoms. The summed E-state index contributed by atoms with van der Waals surface area (Å²) in [6.45, 7) is 11.6. The molecule has 1 N–H and O–H groups in total. The van der Waals surface area contributed by atoms with Crippen LogP contribution in [0.25, 0.3) is 0 Å². The average molecular weight is 575 g/mol. The molecule has 5 fully saturated rings. The molecule has 4 saturated carbocycles. The van der Waals surface area contributed by atoms with Crippen molar-refractivity contribution < 1.29 is 19.3 Å². The molecule has 7 atom stereocenters. The van der Waals surface area contributed by atoms with E-state index in [9.17, 15) is 5.11 Å². The van der Waals surface area contributed by atoms with Crippen molar-refractivity contribution >= 4 is 15.9 Å². The SMILES string of the molecule is CO[C@@]12CC[C@@]3(C[C@@H]1[C@](C)(O)C(C)(C)C)[C@H]1Cc4ccc(OCCBr)c5c4[C@@]3(CCN1CC1CC1)[C@@H]2O5. The quantitative estimate of drug-likeness (QED) is 0.437. The van der Waals surface area contributed by atoms with Gasteiger partial charge in [-0.15, -0.1) is 0 Å². The first kappa shape index (κ1) is 25.2. The second-order valence-electron chi connectivity index (χ2n) is 14.3. The van der Waals surface area contributed by atoms with E-state index < -0.39 is 11.2 Å². The van der Waals surface area contributed by atoms with E-state index in [1.807, 2.05) is 7.11 Å². The van der Waals surface area contributed by atoms with Gasteiger partial charge in [-0.1, -0.05) is 42.8 Å². The standard InChI is InChI=1S/C31H44BrNO4/c1-27(2,3)28(4,34)22-17-29-10-11-31(22,35-5)26-30(29)12-14-33(18-19-6-7-19)23(29)16-20-8-9-21(36-15-13-32)25(37-26)24(20)30/h8-9,19,22-23,26,34H,6-7,10-18H2,1-5H3/t22-,23-,26+,28+,29-,30+,31+/m1/s1. The lowest BCUT2D eigenvalue weighted by molar-refractivity contribution is -0.312. The zero-order valence-electron chi connectivity index (χ0n) is 23.2. The topological polar surface area (TPSA) is 51.2 Å². The van der Waals surface area contributed by atoms with Gasteiger partial charge in [0.2, 0.25) is 0 Å². The van der Waals surface area contributed by atoms with Gasteiger partial charge in [-0.25, -0.2) is 0 Å². The van der Waals surface area contributed by atoms with Crippen LogP contribution in [0, 0.1) is 22.7 Å². The predicted molar refractivity (Wildman–Crippen MR) is 148 cm³/mol. The van der Waals surface area contributed by atoms with Gasteiger partial charge in [0.25, 0.3) is 0 Å². The lowest BCUT2D eigenvalue weighted by Crippen LogP contribution is -2.83. The lowest BCUT2D eigenvalue weighted by atomic mass is 9.33. The Labute approximate surface area is 230 Å². The van der Waals surface area contributed by atoms with Crippen LogP contribution in [0.2, 0.25) is 0 Å². The molecule has 204 valence electrons. The maximum atomic E-state index is 12.3. The monoisotopic (exact) mass is 573 g/mol. The van der Waals surface area contributed by atoms with E-state index in [4.69, 9.17) is 14.2 Å². The van der Waals surface area contributed by atoms with E-state index in [-0.39, 0.29) is 28.3 Å². The smallest absolute Gasteiger partial charge is 0.165 e. The van der Waals surface area contributed by atoms with E-state index in [1.54, 1.807) is 0 Å². The number of halogens is 1. The molecule has 1 saturated heterocycles. The fourth-order valence-corrected chi connectivity index (χ4v) is 9.99. The number of ether oxygens (including phenoxy) is 3. The van der Waals surface area contributed by atoms with Crippen molar-refractivity contribution in [2.45, 2.75) is 101 Å². The summed E-state index contributed by atoms with van der Waals surface area (Å²) in [6, 6.07) is 4.98. The Morgan fingerprint density at radius 3 is 2.62 bits per heavy atom. The summed E-state index contributed by atoms with van der Waals surface area (Å²) in [7, 11) is 1.87. The van der Waals surface area contributed by atoms with E-state index in [0.717, 1.165) is 61.4 Å². The van der Waals surface area contributed by atoms with Crippen molar-refractivity contribution in [3.63, 3.8) is 0 Å². The number of methoxy groups -OCH3 is 1.